The quantitative estimate of drug-likeness (QED) is 0.453. The SMILES string of the molecule is CC[C@H](C(=O)NCC(C)C)N(CCc1ccccc1)C(=O)CN(c1ccccc1OC)S(C)(=O)=O. The summed E-state index contributed by atoms with van der Waals surface area (Å²) in [6, 6.07) is 15.6. The molecule has 35 heavy (non-hydrogen) atoms. The summed E-state index contributed by atoms with van der Waals surface area (Å²) in [5.41, 5.74) is 1.29. The molecule has 1 atom stereocenters. The molecule has 192 valence electrons. The van der Waals surface area contributed by atoms with Crippen molar-refractivity contribution in [2.45, 2.75) is 39.7 Å². The van der Waals surface area contributed by atoms with Crippen LogP contribution in [0.3, 0.4) is 0 Å². The van der Waals surface area contributed by atoms with Crippen molar-refractivity contribution in [1.82, 2.24) is 10.2 Å². The van der Waals surface area contributed by atoms with Crippen molar-refractivity contribution in [2.75, 3.05) is 37.3 Å². The molecular formula is C26H37N3O5S. The van der Waals surface area contributed by atoms with Gasteiger partial charge in [-0.25, -0.2) is 8.42 Å². The summed E-state index contributed by atoms with van der Waals surface area (Å²) in [4.78, 5) is 28.2. The number of para-hydroxylation sites is 2. The van der Waals surface area contributed by atoms with Gasteiger partial charge in [0.2, 0.25) is 21.8 Å². The van der Waals surface area contributed by atoms with Crippen molar-refractivity contribution in [3.05, 3.63) is 60.2 Å². The Hall–Kier alpha value is -3.07. The Morgan fingerprint density at radius 3 is 2.23 bits per heavy atom. The van der Waals surface area contributed by atoms with Gasteiger partial charge in [0, 0.05) is 13.1 Å². The standard InChI is InChI=1S/C26H37N3O5S/c1-6-22(26(31)27-18-20(2)3)28(17-16-21-12-8-7-9-13-21)25(30)19-29(35(5,32)33)23-14-10-11-15-24(23)34-4/h7-15,20,22H,6,16-19H2,1-5H3,(H,27,31)/t22-/m1/s1. The summed E-state index contributed by atoms with van der Waals surface area (Å²) < 4.78 is 31.8. The molecule has 0 bridgehead atoms. The van der Waals surface area contributed by atoms with E-state index in [-0.39, 0.29) is 24.1 Å². The van der Waals surface area contributed by atoms with Crippen molar-refractivity contribution in [2.24, 2.45) is 5.92 Å². The van der Waals surface area contributed by atoms with Crippen molar-refractivity contribution in [1.29, 1.82) is 0 Å². The molecule has 0 unspecified atom stereocenters. The molecule has 2 amide bonds. The molecule has 8 nitrogen and oxygen atoms in total. The van der Waals surface area contributed by atoms with Crippen LogP contribution in [-0.4, -0.2) is 64.2 Å². The van der Waals surface area contributed by atoms with E-state index in [1.165, 1.54) is 12.0 Å². The first kappa shape index (κ1) is 28.2. The van der Waals surface area contributed by atoms with Crippen molar-refractivity contribution < 1.29 is 22.7 Å². The zero-order chi connectivity index (χ0) is 26.0. The van der Waals surface area contributed by atoms with Crippen LogP contribution in [0.5, 0.6) is 5.75 Å². The van der Waals surface area contributed by atoms with Crippen LogP contribution in [0.15, 0.2) is 54.6 Å². The van der Waals surface area contributed by atoms with E-state index in [1.54, 1.807) is 24.3 Å². The minimum absolute atomic E-state index is 0.245. The lowest BCUT2D eigenvalue weighted by molar-refractivity contribution is -0.139. The van der Waals surface area contributed by atoms with Crippen LogP contribution in [0.25, 0.3) is 0 Å². The van der Waals surface area contributed by atoms with Gasteiger partial charge in [-0.2, -0.15) is 0 Å². The number of carbonyl (C=O) groups is 2. The monoisotopic (exact) mass is 503 g/mol. The number of hydrogen-bond acceptors (Lipinski definition) is 5. The van der Waals surface area contributed by atoms with Gasteiger partial charge >= 0.3 is 0 Å². The third kappa shape index (κ3) is 8.28. The molecule has 0 saturated heterocycles. The maximum absolute atomic E-state index is 13.6. The van der Waals surface area contributed by atoms with E-state index in [0.717, 1.165) is 16.1 Å². The lowest BCUT2D eigenvalue weighted by Crippen LogP contribution is -2.53. The van der Waals surface area contributed by atoms with Crippen LogP contribution in [-0.2, 0) is 26.0 Å². The van der Waals surface area contributed by atoms with Crippen molar-refractivity contribution in [3.8, 4) is 5.75 Å². The van der Waals surface area contributed by atoms with E-state index in [1.807, 2.05) is 51.1 Å². The molecule has 2 rings (SSSR count). The van der Waals surface area contributed by atoms with Gasteiger partial charge in [-0.15, -0.1) is 0 Å². The number of amides is 2. The molecule has 0 radical (unpaired) electrons. The van der Waals surface area contributed by atoms with Crippen LogP contribution in [0.2, 0.25) is 0 Å². The van der Waals surface area contributed by atoms with Gasteiger partial charge in [-0.05, 0) is 36.5 Å². The fourth-order valence-electron chi connectivity index (χ4n) is 3.75. The Labute approximate surface area is 209 Å². The molecular weight excluding hydrogens is 466 g/mol. The van der Waals surface area contributed by atoms with Crippen LogP contribution >= 0.6 is 0 Å². The van der Waals surface area contributed by atoms with E-state index in [4.69, 9.17) is 4.74 Å². The normalized spacial score (nSPS) is 12.2. The lowest BCUT2D eigenvalue weighted by Gasteiger charge is -2.33. The minimum atomic E-state index is -3.82. The number of nitrogens with one attached hydrogen (secondary N) is 1. The number of sulfonamides is 1. The molecule has 9 heteroatoms. The fourth-order valence-corrected chi connectivity index (χ4v) is 4.60. The van der Waals surface area contributed by atoms with Crippen LogP contribution in [0, 0.1) is 5.92 Å². The van der Waals surface area contributed by atoms with E-state index < -0.39 is 28.5 Å². The zero-order valence-corrected chi connectivity index (χ0v) is 22.0. The maximum Gasteiger partial charge on any atom is 0.244 e. The smallest absolute Gasteiger partial charge is 0.244 e. The lowest BCUT2D eigenvalue weighted by atomic mass is 10.1. The molecule has 1 N–H and O–H groups in total. The first-order chi connectivity index (χ1) is 16.6. The molecule has 0 saturated carbocycles. The molecule has 0 aliphatic heterocycles. The average Bonchev–Trinajstić information content (AvgIpc) is 2.83. The summed E-state index contributed by atoms with van der Waals surface area (Å²) in [7, 11) is -2.37. The van der Waals surface area contributed by atoms with Crippen molar-refractivity contribution in [3.63, 3.8) is 0 Å². The van der Waals surface area contributed by atoms with Crippen molar-refractivity contribution >= 4 is 27.5 Å². The van der Waals surface area contributed by atoms with Crippen LogP contribution in [0.4, 0.5) is 5.69 Å². The number of hydrogen-bond donors (Lipinski definition) is 1. The highest BCUT2D eigenvalue weighted by atomic mass is 32.2. The third-order valence-electron chi connectivity index (χ3n) is 5.59. The average molecular weight is 504 g/mol. The predicted octanol–water partition coefficient (Wildman–Crippen LogP) is 3.08. The largest absolute Gasteiger partial charge is 0.495 e. The van der Waals surface area contributed by atoms with Gasteiger partial charge in [-0.1, -0.05) is 63.2 Å². The summed E-state index contributed by atoms with van der Waals surface area (Å²) in [6.07, 6.45) is 1.99. The second-order valence-corrected chi connectivity index (χ2v) is 10.7. The Bertz CT molecular complexity index is 1070. The first-order valence-electron chi connectivity index (χ1n) is 11.8. The third-order valence-corrected chi connectivity index (χ3v) is 6.71. The molecule has 0 spiro atoms. The van der Waals surface area contributed by atoms with Gasteiger partial charge in [0.05, 0.1) is 19.1 Å². The highest BCUT2D eigenvalue weighted by Crippen LogP contribution is 2.29. The number of rotatable bonds is 13. The number of ether oxygens (including phenoxy) is 1. The summed E-state index contributed by atoms with van der Waals surface area (Å²) in [5, 5.41) is 2.92. The van der Waals surface area contributed by atoms with Crippen LogP contribution in [0.1, 0.15) is 32.8 Å². The van der Waals surface area contributed by atoms with Gasteiger partial charge in [0.25, 0.3) is 0 Å². The number of benzene rings is 2. The molecule has 0 aromatic heterocycles. The molecule has 0 aliphatic rings. The highest BCUT2D eigenvalue weighted by Gasteiger charge is 2.32. The minimum Gasteiger partial charge on any atom is -0.495 e. The maximum atomic E-state index is 13.6. The number of carbonyl (C=O) groups excluding carboxylic acids is 2. The van der Waals surface area contributed by atoms with Gasteiger partial charge < -0.3 is 15.0 Å². The molecule has 0 aliphatic carbocycles. The van der Waals surface area contributed by atoms with Crippen LogP contribution < -0.4 is 14.4 Å². The Kier molecular flexibility index (Phi) is 10.6. The van der Waals surface area contributed by atoms with Gasteiger partial charge in [0.1, 0.15) is 18.3 Å². The van der Waals surface area contributed by atoms with E-state index in [2.05, 4.69) is 5.32 Å². The Balaban J connectivity index is 2.38. The van der Waals surface area contributed by atoms with Gasteiger partial charge in [0.15, 0.2) is 0 Å². The second kappa shape index (κ2) is 13.1. The number of nitrogens with zero attached hydrogens (tertiary/aromatic N) is 2. The number of anilines is 1. The van der Waals surface area contributed by atoms with E-state index >= 15 is 0 Å². The summed E-state index contributed by atoms with van der Waals surface area (Å²) in [6.45, 7) is 6.17. The Morgan fingerprint density at radius 2 is 1.66 bits per heavy atom. The first-order valence-corrected chi connectivity index (χ1v) is 13.6. The fraction of sp³-hybridized carbons (Fsp3) is 0.462. The molecule has 0 heterocycles. The van der Waals surface area contributed by atoms with E-state index in [9.17, 15) is 18.0 Å². The molecule has 2 aromatic rings. The zero-order valence-electron chi connectivity index (χ0n) is 21.2. The predicted molar refractivity (Wildman–Crippen MR) is 139 cm³/mol. The molecule has 0 fully saturated rings. The summed E-state index contributed by atoms with van der Waals surface area (Å²) in [5.74, 6) is -0.103. The topological polar surface area (TPSA) is 96.0 Å². The van der Waals surface area contributed by atoms with Gasteiger partial charge in [-0.3, -0.25) is 13.9 Å². The number of methoxy groups -OCH3 is 1. The Morgan fingerprint density at radius 1 is 1.03 bits per heavy atom. The second-order valence-electron chi connectivity index (χ2n) is 8.83. The summed E-state index contributed by atoms with van der Waals surface area (Å²) >= 11 is 0. The highest BCUT2D eigenvalue weighted by molar-refractivity contribution is 7.92. The molecule has 2 aromatic carbocycles. The van der Waals surface area contributed by atoms with E-state index in [0.29, 0.717) is 25.1 Å².